The number of amides is 1. The average molecular weight is 285 g/mol. The van der Waals surface area contributed by atoms with Gasteiger partial charge < -0.3 is 14.6 Å². The second kappa shape index (κ2) is 6.14. The lowest BCUT2D eigenvalue weighted by Gasteiger charge is -2.36. The molecule has 2 atom stereocenters. The lowest BCUT2D eigenvalue weighted by atomic mass is 10.0. The van der Waals surface area contributed by atoms with E-state index in [0.29, 0.717) is 19.4 Å². The molecule has 0 aromatic carbocycles. The van der Waals surface area contributed by atoms with E-state index in [-0.39, 0.29) is 6.04 Å². The Labute approximate surface area is 121 Å². The largest absolute Gasteiger partial charge is 0.444 e. The Morgan fingerprint density at radius 2 is 2.20 bits per heavy atom. The van der Waals surface area contributed by atoms with Gasteiger partial charge in [0.1, 0.15) is 11.3 Å². The van der Waals surface area contributed by atoms with Gasteiger partial charge in [0.25, 0.3) is 0 Å². The molecule has 0 aromatic rings. The first-order valence-corrected chi connectivity index (χ1v) is 7.04. The molecule has 0 bridgehead atoms. The van der Waals surface area contributed by atoms with Crippen molar-refractivity contribution < 1.29 is 19.4 Å². The highest BCUT2D eigenvalue weighted by Gasteiger charge is 2.48. The summed E-state index contributed by atoms with van der Waals surface area (Å²) in [5.74, 6) is 0. The summed E-state index contributed by atoms with van der Waals surface area (Å²) in [6, 6.07) is -0.389. The number of hydrogen-bond donors (Lipinski definition) is 1. The fraction of sp³-hybridized carbons (Fsp3) is 0.800. The molecule has 1 unspecified atom stereocenters. The SMILES string of the molecule is C=CCCC(O)[C@@H]1COC(C)(C)N1C(=O)OC(C)(C)C. The fourth-order valence-corrected chi connectivity index (χ4v) is 2.26. The summed E-state index contributed by atoms with van der Waals surface area (Å²) in [5, 5.41) is 10.3. The highest BCUT2D eigenvalue weighted by molar-refractivity contribution is 5.69. The average Bonchev–Trinajstić information content (AvgIpc) is 2.59. The number of rotatable bonds is 4. The summed E-state index contributed by atoms with van der Waals surface area (Å²) in [6.45, 7) is 13.0. The van der Waals surface area contributed by atoms with E-state index in [1.165, 1.54) is 4.90 Å². The van der Waals surface area contributed by atoms with Gasteiger partial charge in [-0.25, -0.2) is 4.79 Å². The quantitative estimate of drug-likeness (QED) is 0.807. The van der Waals surface area contributed by atoms with Crippen LogP contribution in [-0.4, -0.2) is 46.2 Å². The Hall–Kier alpha value is -1.07. The summed E-state index contributed by atoms with van der Waals surface area (Å²) in [4.78, 5) is 13.9. The number of ether oxygens (including phenoxy) is 2. The monoisotopic (exact) mass is 285 g/mol. The first-order valence-electron chi connectivity index (χ1n) is 7.04. The zero-order chi connectivity index (χ0) is 15.6. The Kier molecular flexibility index (Phi) is 5.21. The van der Waals surface area contributed by atoms with Crippen LogP contribution in [0, 0.1) is 0 Å². The van der Waals surface area contributed by atoms with Crippen LogP contribution >= 0.6 is 0 Å². The van der Waals surface area contributed by atoms with Crippen LogP contribution in [0.1, 0.15) is 47.5 Å². The predicted octanol–water partition coefficient (Wildman–Crippen LogP) is 2.69. The Morgan fingerprint density at radius 1 is 1.60 bits per heavy atom. The summed E-state index contributed by atoms with van der Waals surface area (Å²) in [6.07, 6.45) is 1.89. The maximum atomic E-state index is 12.4. The maximum Gasteiger partial charge on any atom is 0.412 e. The van der Waals surface area contributed by atoms with Gasteiger partial charge in [-0.15, -0.1) is 6.58 Å². The minimum atomic E-state index is -0.776. The maximum absolute atomic E-state index is 12.4. The van der Waals surface area contributed by atoms with Crippen molar-refractivity contribution in [1.82, 2.24) is 4.90 Å². The van der Waals surface area contributed by atoms with E-state index in [2.05, 4.69) is 6.58 Å². The molecule has 1 saturated heterocycles. The molecule has 0 radical (unpaired) electrons. The molecule has 20 heavy (non-hydrogen) atoms. The Bertz CT molecular complexity index is 359. The molecule has 1 heterocycles. The predicted molar refractivity (Wildman–Crippen MR) is 77.3 cm³/mol. The smallest absolute Gasteiger partial charge is 0.412 e. The molecule has 1 amide bonds. The van der Waals surface area contributed by atoms with Gasteiger partial charge in [0.15, 0.2) is 0 Å². The molecule has 0 aliphatic carbocycles. The Balaban J connectivity index is 2.85. The van der Waals surface area contributed by atoms with E-state index in [1.807, 2.05) is 20.8 Å². The van der Waals surface area contributed by atoms with Crippen LogP contribution in [-0.2, 0) is 9.47 Å². The number of hydrogen-bond acceptors (Lipinski definition) is 4. The van der Waals surface area contributed by atoms with Gasteiger partial charge in [0.05, 0.1) is 18.8 Å². The van der Waals surface area contributed by atoms with Crippen LogP contribution in [0.5, 0.6) is 0 Å². The second-order valence-electron chi connectivity index (χ2n) is 6.61. The van der Waals surface area contributed by atoms with E-state index in [0.717, 1.165) is 0 Å². The molecule has 0 aromatic heterocycles. The first kappa shape index (κ1) is 17.0. The molecule has 5 heteroatoms. The van der Waals surface area contributed by atoms with Crippen molar-refractivity contribution >= 4 is 6.09 Å². The van der Waals surface area contributed by atoms with E-state index in [9.17, 15) is 9.90 Å². The first-order chi connectivity index (χ1) is 9.08. The lowest BCUT2D eigenvalue weighted by Crippen LogP contribution is -2.53. The van der Waals surface area contributed by atoms with Crippen molar-refractivity contribution in [3.63, 3.8) is 0 Å². The number of aliphatic hydroxyl groups excluding tert-OH is 1. The zero-order valence-electron chi connectivity index (χ0n) is 13.2. The third-order valence-corrected chi connectivity index (χ3v) is 3.22. The van der Waals surface area contributed by atoms with Crippen LogP contribution in [0.2, 0.25) is 0 Å². The van der Waals surface area contributed by atoms with E-state index in [4.69, 9.17) is 9.47 Å². The number of carbonyl (C=O) groups excluding carboxylic acids is 1. The highest BCUT2D eigenvalue weighted by atomic mass is 16.6. The van der Waals surface area contributed by atoms with Crippen molar-refractivity contribution in [2.45, 2.75) is 70.9 Å². The van der Waals surface area contributed by atoms with E-state index in [1.54, 1.807) is 19.9 Å². The van der Waals surface area contributed by atoms with Crippen LogP contribution in [0.3, 0.4) is 0 Å². The van der Waals surface area contributed by atoms with Gasteiger partial charge in [-0.3, -0.25) is 4.90 Å². The van der Waals surface area contributed by atoms with Crippen molar-refractivity contribution in [3.05, 3.63) is 12.7 Å². The number of aliphatic hydroxyl groups is 1. The third-order valence-electron chi connectivity index (χ3n) is 3.22. The minimum absolute atomic E-state index is 0.310. The summed E-state index contributed by atoms with van der Waals surface area (Å²) in [7, 11) is 0. The number of allylic oxidation sites excluding steroid dienone is 1. The molecule has 1 fully saturated rings. The van der Waals surface area contributed by atoms with Crippen LogP contribution in [0.15, 0.2) is 12.7 Å². The minimum Gasteiger partial charge on any atom is -0.444 e. The second-order valence-corrected chi connectivity index (χ2v) is 6.61. The van der Waals surface area contributed by atoms with Crippen LogP contribution in [0.25, 0.3) is 0 Å². The zero-order valence-corrected chi connectivity index (χ0v) is 13.2. The highest BCUT2D eigenvalue weighted by Crippen LogP contribution is 2.31. The molecule has 0 spiro atoms. The number of nitrogens with zero attached hydrogens (tertiary/aromatic N) is 1. The molecule has 116 valence electrons. The molecule has 0 saturated carbocycles. The van der Waals surface area contributed by atoms with Gasteiger partial charge in [-0.1, -0.05) is 6.08 Å². The standard InChI is InChI=1S/C15H27NO4/c1-7-8-9-12(17)11-10-19-15(5,6)16(11)13(18)20-14(2,3)4/h7,11-12,17H,1,8-10H2,2-6H3/t11-,12?/m0/s1. The van der Waals surface area contributed by atoms with Gasteiger partial charge >= 0.3 is 6.09 Å². The van der Waals surface area contributed by atoms with E-state index >= 15 is 0 Å². The van der Waals surface area contributed by atoms with Gasteiger partial charge in [-0.2, -0.15) is 0 Å². The topological polar surface area (TPSA) is 59.0 Å². The summed E-state index contributed by atoms with van der Waals surface area (Å²) < 4.78 is 11.1. The fourth-order valence-electron chi connectivity index (χ4n) is 2.26. The molecule has 1 aliphatic rings. The van der Waals surface area contributed by atoms with Crippen LogP contribution < -0.4 is 0 Å². The third kappa shape index (κ3) is 4.21. The van der Waals surface area contributed by atoms with Crippen molar-refractivity contribution in [2.24, 2.45) is 0 Å². The van der Waals surface area contributed by atoms with E-state index < -0.39 is 23.5 Å². The van der Waals surface area contributed by atoms with Crippen molar-refractivity contribution in [2.75, 3.05) is 6.61 Å². The van der Waals surface area contributed by atoms with Crippen LogP contribution in [0.4, 0.5) is 4.79 Å². The summed E-state index contributed by atoms with van der Waals surface area (Å²) in [5.41, 5.74) is -1.35. The summed E-state index contributed by atoms with van der Waals surface area (Å²) >= 11 is 0. The van der Waals surface area contributed by atoms with Crippen molar-refractivity contribution in [1.29, 1.82) is 0 Å². The lowest BCUT2D eigenvalue weighted by molar-refractivity contribution is -0.0680. The Morgan fingerprint density at radius 3 is 2.70 bits per heavy atom. The number of carbonyl (C=O) groups is 1. The molecule has 1 N–H and O–H groups in total. The molecular formula is C15H27NO4. The molecule has 1 aliphatic heterocycles. The molecule has 1 rings (SSSR count). The van der Waals surface area contributed by atoms with Gasteiger partial charge in [0.2, 0.25) is 0 Å². The van der Waals surface area contributed by atoms with Crippen molar-refractivity contribution in [3.8, 4) is 0 Å². The van der Waals surface area contributed by atoms with Gasteiger partial charge in [-0.05, 0) is 47.5 Å². The molecular weight excluding hydrogens is 258 g/mol. The molecule has 5 nitrogen and oxygen atoms in total. The normalized spacial score (nSPS) is 23.5. The van der Waals surface area contributed by atoms with Gasteiger partial charge in [0, 0.05) is 0 Å².